The number of hydrogen-bond acceptors (Lipinski definition) is 1. The summed E-state index contributed by atoms with van der Waals surface area (Å²) in [4.78, 5) is 10.4. The number of primary amides is 1. The average molecular weight is 282 g/mol. The summed E-state index contributed by atoms with van der Waals surface area (Å²) in [5, 5.41) is -0.586. The fourth-order valence-corrected chi connectivity index (χ4v) is 1.56. The molecule has 7 heteroatoms. The van der Waals surface area contributed by atoms with Crippen LogP contribution in [0.2, 0.25) is 10.0 Å². The van der Waals surface area contributed by atoms with Crippen molar-refractivity contribution >= 4 is 29.1 Å². The topological polar surface area (TPSA) is 43.1 Å². The van der Waals surface area contributed by atoms with Gasteiger partial charge >= 0.3 is 6.18 Å². The van der Waals surface area contributed by atoms with Crippen LogP contribution in [0.5, 0.6) is 0 Å². The van der Waals surface area contributed by atoms with Gasteiger partial charge in [0, 0.05) is 5.92 Å². The van der Waals surface area contributed by atoms with Crippen LogP contribution < -0.4 is 5.73 Å². The van der Waals surface area contributed by atoms with Crippen LogP contribution in [-0.2, 0) is 11.0 Å². The smallest absolute Gasteiger partial charge is 0.359 e. The predicted molar refractivity (Wildman–Crippen MR) is 57.5 cm³/mol. The van der Waals surface area contributed by atoms with Gasteiger partial charge in [-0.2, -0.15) is 13.2 Å². The van der Waals surface area contributed by atoms with E-state index in [4.69, 9.17) is 28.9 Å². The number of carbonyl (C=O) groups is 1. The van der Waals surface area contributed by atoms with Crippen LogP contribution >= 0.6 is 23.2 Å². The van der Waals surface area contributed by atoms with Crippen molar-refractivity contribution in [2.24, 2.45) is 5.73 Å². The molecule has 2 N–H and O–H groups in total. The highest BCUT2D eigenvalue weighted by Gasteiger charge is 2.31. The molecule has 0 atom stereocenters. The lowest BCUT2D eigenvalue weighted by atomic mass is 10.1. The molecule has 0 aliphatic rings. The summed E-state index contributed by atoms with van der Waals surface area (Å²) >= 11 is 11.2. The second-order valence-corrected chi connectivity index (χ2v) is 3.74. The maximum Gasteiger partial charge on any atom is 0.416 e. The Labute approximate surface area is 104 Å². The number of benzene rings is 1. The highest BCUT2D eigenvalue weighted by molar-refractivity contribution is 6.36. The summed E-state index contributed by atoms with van der Waals surface area (Å²) in [5.74, 6) is 3.21. The molecule has 0 heterocycles. The van der Waals surface area contributed by atoms with Crippen LogP contribution in [0.25, 0.3) is 0 Å². The molecule has 1 aromatic rings. The first kappa shape index (κ1) is 13.7. The van der Waals surface area contributed by atoms with Gasteiger partial charge in [-0.05, 0) is 12.1 Å². The molecule has 0 radical (unpaired) electrons. The first-order chi connectivity index (χ1) is 7.71. The van der Waals surface area contributed by atoms with Crippen LogP contribution in [0, 0.1) is 11.8 Å². The molecule has 17 heavy (non-hydrogen) atoms. The molecule has 0 aromatic heterocycles. The molecule has 90 valence electrons. The number of nitrogens with two attached hydrogens (primary N) is 1. The van der Waals surface area contributed by atoms with Gasteiger partial charge in [0.05, 0.1) is 21.2 Å². The molecule has 0 unspecified atom stereocenters. The lowest BCUT2D eigenvalue weighted by Gasteiger charge is -2.09. The van der Waals surface area contributed by atoms with Crippen molar-refractivity contribution in [2.45, 2.75) is 6.18 Å². The third kappa shape index (κ3) is 3.55. The molecule has 0 spiro atoms. The number of amides is 1. The van der Waals surface area contributed by atoms with Crippen molar-refractivity contribution in [2.75, 3.05) is 0 Å². The molecular weight excluding hydrogens is 278 g/mol. The summed E-state index contributed by atoms with van der Waals surface area (Å²) < 4.78 is 37.1. The normalized spacial score (nSPS) is 10.6. The van der Waals surface area contributed by atoms with Gasteiger partial charge in [-0.25, -0.2) is 0 Å². The number of carbonyl (C=O) groups excluding carboxylic acids is 1. The maximum absolute atomic E-state index is 12.4. The molecule has 2 nitrogen and oxygen atoms in total. The molecule has 0 fully saturated rings. The van der Waals surface area contributed by atoms with Gasteiger partial charge in [0.2, 0.25) is 0 Å². The van der Waals surface area contributed by atoms with Crippen molar-refractivity contribution in [1.29, 1.82) is 0 Å². The van der Waals surface area contributed by atoms with E-state index in [1.165, 1.54) is 0 Å². The van der Waals surface area contributed by atoms with E-state index >= 15 is 0 Å². The molecule has 1 rings (SSSR count). The molecule has 0 saturated heterocycles. The third-order valence-corrected chi connectivity index (χ3v) is 2.28. The molecule has 0 saturated carbocycles. The van der Waals surface area contributed by atoms with E-state index in [2.05, 4.69) is 5.92 Å². The van der Waals surface area contributed by atoms with Gasteiger partial charge in [0.15, 0.2) is 0 Å². The summed E-state index contributed by atoms with van der Waals surface area (Å²) in [6.07, 6.45) is -4.55. The quantitative estimate of drug-likeness (QED) is 0.730. The Balaban J connectivity index is 3.31. The Hall–Kier alpha value is -1.38. The van der Waals surface area contributed by atoms with Crippen LogP contribution in [0.3, 0.4) is 0 Å². The number of halogens is 5. The maximum atomic E-state index is 12.4. The van der Waals surface area contributed by atoms with Crippen LogP contribution in [-0.4, -0.2) is 5.91 Å². The van der Waals surface area contributed by atoms with E-state index in [0.717, 1.165) is 0 Å². The molecule has 0 aliphatic carbocycles. The lowest BCUT2D eigenvalue weighted by molar-refractivity contribution is -0.137. The highest BCUT2D eigenvalue weighted by Crippen LogP contribution is 2.35. The second kappa shape index (κ2) is 4.86. The van der Waals surface area contributed by atoms with Gasteiger partial charge in [-0.15, -0.1) is 0 Å². The zero-order valence-corrected chi connectivity index (χ0v) is 9.54. The Morgan fingerprint density at radius 1 is 1.24 bits per heavy atom. The van der Waals surface area contributed by atoms with Gasteiger partial charge < -0.3 is 5.73 Å². The van der Waals surface area contributed by atoms with Gasteiger partial charge in [0.25, 0.3) is 5.91 Å². The molecule has 1 aromatic carbocycles. The largest absolute Gasteiger partial charge is 0.416 e. The van der Waals surface area contributed by atoms with Crippen LogP contribution in [0.1, 0.15) is 11.1 Å². The fourth-order valence-electron chi connectivity index (χ4n) is 0.980. The minimum Gasteiger partial charge on any atom is -0.359 e. The molecule has 0 bridgehead atoms. The summed E-state index contributed by atoms with van der Waals surface area (Å²) in [6, 6.07) is 1.36. The first-order valence-electron chi connectivity index (χ1n) is 4.09. The Morgan fingerprint density at radius 2 is 1.71 bits per heavy atom. The van der Waals surface area contributed by atoms with E-state index in [9.17, 15) is 18.0 Å². The second-order valence-electron chi connectivity index (χ2n) is 2.93. The Kier molecular flexibility index (Phi) is 3.91. The van der Waals surface area contributed by atoms with Gasteiger partial charge in [0.1, 0.15) is 0 Å². The fraction of sp³-hybridized carbons (Fsp3) is 0.100. The van der Waals surface area contributed by atoms with Crippen molar-refractivity contribution in [3.05, 3.63) is 33.3 Å². The van der Waals surface area contributed by atoms with Crippen molar-refractivity contribution in [3.63, 3.8) is 0 Å². The SMILES string of the molecule is NC(=O)C#Cc1c(Cl)cc(C(F)(F)F)cc1Cl. The first-order valence-corrected chi connectivity index (χ1v) is 4.85. The Bertz CT molecular complexity index is 506. The lowest BCUT2D eigenvalue weighted by Crippen LogP contribution is -2.07. The summed E-state index contributed by atoms with van der Waals surface area (Å²) in [6.45, 7) is 0. The number of hydrogen-bond donors (Lipinski definition) is 1. The average Bonchev–Trinajstić information content (AvgIpc) is 2.14. The van der Waals surface area contributed by atoms with E-state index in [1.54, 1.807) is 0 Å². The molecule has 0 aliphatic heterocycles. The highest BCUT2D eigenvalue weighted by atomic mass is 35.5. The zero-order chi connectivity index (χ0) is 13.2. The number of alkyl halides is 3. The molecular formula is C10H4Cl2F3NO. The Morgan fingerprint density at radius 3 is 2.06 bits per heavy atom. The van der Waals surface area contributed by atoms with Crippen molar-refractivity contribution in [1.82, 2.24) is 0 Å². The van der Waals surface area contributed by atoms with Crippen LogP contribution in [0.15, 0.2) is 12.1 Å². The van der Waals surface area contributed by atoms with Crippen molar-refractivity contribution in [3.8, 4) is 11.8 Å². The minimum atomic E-state index is -4.55. The monoisotopic (exact) mass is 281 g/mol. The van der Waals surface area contributed by atoms with E-state index in [1.807, 2.05) is 5.92 Å². The van der Waals surface area contributed by atoms with Gasteiger partial charge in [-0.3, -0.25) is 4.79 Å². The standard InChI is InChI=1S/C10H4Cl2F3NO/c11-7-3-5(10(13,14)15)4-8(12)6(7)1-2-9(16)17/h3-4H,(H2,16,17). The summed E-state index contributed by atoms with van der Waals surface area (Å²) in [5.41, 5.74) is 3.70. The van der Waals surface area contributed by atoms with Gasteiger partial charge in [-0.1, -0.05) is 29.1 Å². The number of rotatable bonds is 0. The van der Waals surface area contributed by atoms with Crippen LogP contribution in [0.4, 0.5) is 13.2 Å². The third-order valence-electron chi connectivity index (χ3n) is 1.68. The molecule has 1 amide bonds. The van der Waals surface area contributed by atoms with E-state index in [0.29, 0.717) is 12.1 Å². The van der Waals surface area contributed by atoms with E-state index < -0.39 is 17.6 Å². The minimum absolute atomic E-state index is 0.0693. The zero-order valence-electron chi connectivity index (χ0n) is 8.03. The summed E-state index contributed by atoms with van der Waals surface area (Å²) in [7, 11) is 0. The predicted octanol–water partition coefficient (Wildman–Crippen LogP) is 2.85. The van der Waals surface area contributed by atoms with E-state index in [-0.39, 0.29) is 15.6 Å². The van der Waals surface area contributed by atoms with Crippen molar-refractivity contribution < 1.29 is 18.0 Å².